The minimum atomic E-state index is -0.452. The van der Waals surface area contributed by atoms with Gasteiger partial charge in [-0.1, -0.05) is 18.2 Å². The Labute approximate surface area is 159 Å². The van der Waals surface area contributed by atoms with Crippen molar-refractivity contribution >= 4 is 23.2 Å². The first-order chi connectivity index (χ1) is 12.4. The zero-order valence-electron chi connectivity index (χ0n) is 15.7. The molecule has 7 heteroatoms. The fourth-order valence-electron chi connectivity index (χ4n) is 3.41. The van der Waals surface area contributed by atoms with Gasteiger partial charge in [0.25, 0.3) is 5.91 Å². The van der Waals surface area contributed by atoms with Gasteiger partial charge >= 0.3 is 0 Å². The van der Waals surface area contributed by atoms with Crippen LogP contribution in [-0.2, 0) is 4.79 Å². The molecule has 1 saturated heterocycles. The number of rotatable bonds is 6. The molecule has 138 valence electrons. The van der Waals surface area contributed by atoms with Crippen LogP contribution < -0.4 is 10.2 Å². The summed E-state index contributed by atoms with van der Waals surface area (Å²) in [5, 5.41) is 8.37. The van der Waals surface area contributed by atoms with E-state index in [1.165, 1.54) is 4.90 Å². The van der Waals surface area contributed by atoms with Crippen molar-refractivity contribution in [3.8, 4) is 5.69 Å². The highest BCUT2D eigenvalue weighted by Crippen LogP contribution is 2.29. The Kier molecular flexibility index (Phi) is 5.38. The number of aromatic nitrogens is 2. The standard InChI is InChI=1S/C19H25N5OS/c1-13-16(14(2)24(21-13)15-9-6-5-7-10-15)17-18(25)23(19(26)20-17)12-8-11-22(3)4/h5-7,9-10,17H,8,11-12H2,1-4H3,(H,20,26)/p+1/t17-/m0/s1. The summed E-state index contributed by atoms with van der Waals surface area (Å²) in [5.74, 6) is 0.0163. The fourth-order valence-corrected chi connectivity index (χ4v) is 3.71. The Morgan fingerprint density at radius 1 is 1.23 bits per heavy atom. The highest BCUT2D eigenvalue weighted by Gasteiger charge is 2.39. The van der Waals surface area contributed by atoms with E-state index in [1.54, 1.807) is 4.90 Å². The quantitative estimate of drug-likeness (QED) is 0.736. The molecule has 0 aliphatic carbocycles. The summed E-state index contributed by atoms with van der Waals surface area (Å²) in [6.07, 6.45) is 0.920. The molecule has 1 fully saturated rings. The lowest BCUT2D eigenvalue weighted by molar-refractivity contribution is -0.858. The fraction of sp³-hybridized carbons (Fsp3) is 0.421. The van der Waals surface area contributed by atoms with Crippen molar-refractivity contribution in [1.29, 1.82) is 0 Å². The van der Waals surface area contributed by atoms with Gasteiger partial charge in [0.1, 0.15) is 6.04 Å². The number of quaternary nitrogens is 1. The number of nitrogens with zero attached hydrogens (tertiary/aromatic N) is 3. The van der Waals surface area contributed by atoms with Gasteiger partial charge in [-0.05, 0) is 38.2 Å². The number of carbonyl (C=O) groups excluding carboxylic acids is 1. The Balaban J connectivity index is 1.85. The highest BCUT2D eigenvalue weighted by atomic mass is 32.1. The van der Waals surface area contributed by atoms with E-state index < -0.39 is 6.04 Å². The number of hydrogen-bond acceptors (Lipinski definition) is 3. The van der Waals surface area contributed by atoms with Gasteiger partial charge in [0.05, 0.1) is 32.0 Å². The lowest BCUT2D eigenvalue weighted by Gasteiger charge is -2.15. The average Bonchev–Trinajstić information content (AvgIpc) is 3.05. The van der Waals surface area contributed by atoms with Gasteiger partial charge in [-0.25, -0.2) is 4.68 Å². The van der Waals surface area contributed by atoms with Crippen molar-refractivity contribution in [2.24, 2.45) is 0 Å². The summed E-state index contributed by atoms with van der Waals surface area (Å²) in [7, 11) is 4.21. The molecule has 1 amide bonds. The summed E-state index contributed by atoms with van der Waals surface area (Å²) in [6.45, 7) is 5.59. The third kappa shape index (κ3) is 3.50. The number of benzene rings is 1. The smallest absolute Gasteiger partial charge is 0.256 e. The molecule has 1 aliphatic heterocycles. The maximum absolute atomic E-state index is 13.0. The van der Waals surface area contributed by atoms with Crippen LogP contribution in [-0.4, -0.2) is 52.9 Å². The molecule has 2 aromatic rings. The molecule has 1 aliphatic rings. The Morgan fingerprint density at radius 3 is 2.58 bits per heavy atom. The summed E-state index contributed by atoms with van der Waals surface area (Å²) in [6, 6.07) is 9.50. The third-order valence-corrected chi connectivity index (χ3v) is 5.06. The topological polar surface area (TPSA) is 54.6 Å². The monoisotopic (exact) mass is 372 g/mol. The lowest BCUT2D eigenvalue weighted by Crippen LogP contribution is -3.05. The molecule has 1 aromatic carbocycles. The number of nitrogens with one attached hydrogen (secondary N) is 2. The minimum Gasteiger partial charge on any atom is -0.347 e. The zero-order valence-corrected chi connectivity index (χ0v) is 16.6. The Morgan fingerprint density at radius 2 is 1.92 bits per heavy atom. The number of para-hydroxylation sites is 1. The number of hydrogen-bond donors (Lipinski definition) is 2. The van der Waals surface area contributed by atoms with Crippen LogP contribution in [0.15, 0.2) is 30.3 Å². The number of amides is 1. The molecule has 1 aromatic heterocycles. The van der Waals surface area contributed by atoms with Crippen LogP contribution in [0.3, 0.4) is 0 Å². The molecule has 3 rings (SSSR count). The third-order valence-electron chi connectivity index (χ3n) is 4.72. The molecular weight excluding hydrogens is 346 g/mol. The predicted octanol–water partition coefficient (Wildman–Crippen LogP) is 0.782. The zero-order chi connectivity index (χ0) is 18.8. The second-order valence-corrected chi connectivity index (χ2v) is 7.40. The van der Waals surface area contributed by atoms with Crippen LogP contribution in [0.25, 0.3) is 5.69 Å². The second kappa shape index (κ2) is 7.55. The van der Waals surface area contributed by atoms with Gasteiger partial charge in [-0.3, -0.25) is 9.69 Å². The van der Waals surface area contributed by atoms with Crippen LogP contribution in [0.2, 0.25) is 0 Å². The highest BCUT2D eigenvalue weighted by molar-refractivity contribution is 7.80. The van der Waals surface area contributed by atoms with E-state index in [0.717, 1.165) is 35.6 Å². The van der Waals surface area contributed by atoms with E-state index >= 15 is 0 Å². The first-order valence-electron chi connectivity index (χ1n) is 8.92. The van der Waals surface area contributed by atoms with Crippen LogP contribution >= 0.6 is 12.2 Å². The maximum Gasteiger partial charge on any atom is 0.256 e. The van der Waals surface area contributed by atoms with Gasteiger partial charge in [0, 0.05) is 24.2 Å². The first kappa shape index (κ1) is 18.5. The molecule has 2 N–H and O–H groups in total. The van der Waals surface area contributed by atoms with E-state index in [9.17, 15) is 4.79 Å². The Bertz CT molecular complexity index is 815. The van der Waals surface area contributed by atoms with Gasteiger partial charge < -0.3 is 10.2 Å². The SMILES string of the molecule is Cc1nn(-c2ccccc2)c(C)c1[C@@H]1NC(=S)N(CCC[NH+](C)C)C1=O. The lowest BCUT2D eigenvalue weighted by atomic mass is 10.0. The van der Waals surface area contributed by atoms with Gasteiger partial charge in [0.15, 0.2) is 5.11 Å². The van der Waals surface area contributed by atoms with Crippen molar-refractivity contribution in [3.05, 3.63) is 47.3 Å². The molecule has 2 heterocycles. The van der Waals surface area contributed by atoms with Crippen molar-refractivity contribution in [3.63, 3.8) is 0 Å². The van der Waals surface area contributed by atoms with Crippen molar-refractivity contribution in [2.75, 3.05) is 27.2 Å². The molecule has 0 radical (unpaired) electrons. The summed E-state index contributed by atoms with van der Waals surface area (Å²) in [4.78, 5) is 16.0. The van der Waals surface area contributed by atoms with Crippen LogP contribution in [0.4, 0.5) is 0 Å². The van der Waals surface area contributed by atoms with Crippen molar-refractivity contribution < 1.29 is 9.69 Å². The van der Waals surface area contributed by atoms with Crippen molar-refractivity contribution in [1.82, 2.24) is 20.0 Å². The molecular formula is C19H26N5OS+. The number of aryl methyl sites for hydroxylation is 1. The molecule has 0 bridgehead atoms. The predicted molar refractivity (Wildman–Crippen MR) is 106 cm³/mol. The summed E-state index contributed by atoms with van der Waals surface area (Å²) in [5.41, 5.74) is 3.71. The van der Waals surface area contributed by atoms with E-state index in [4.69, 9.17) is 12.2 Å². The normalized spacial score (nSPS) is 17.3. The average molecular weight is 373 g/mol. The van der Waals surface area contributed by atoms with Gasteiger partial charge in [0.2, 0.25) is 0 Å². The van der Waals surface area contributed by atoms with Gasteiger partial charge in [-0.2, -0.15) is 5.10 Å². The van der Waals surface area contributed by atoms with E-state index in [-0.39, 0.29) is 5.91 Å². The molecule has 6 nitrogen and oxygen atoms in total. The largest absolute Gasteiger partial charge is 0.347 e. The van der Waals surface area contributed by atoms with E-state index in [0.29, 0.717) is 11.7 Å². The van der Waals surface area contributed by atoms with Crippen molar-refractivity contribution in [2.45, 2.75) is 26.3 Å². The maximum atomic E-state index is 13.0. The summed E-state index contributed by atoms with van der Waals surface area (Å²) >= 11 is 5.42. The van der Waals surface area contributed by atoms with E-state index in [2.05, 4.69) is 24.5 Å². The second-order valence-electron chi connectivity index (χ2n) is 7.01. The molecule has 0 saturated carbocycles. The van der Waals surface area contributed by atoms with E-state index in [1.807, 2.05) is 48.9 Å². The first-order valence-corrected chi connectivity index (χ1v) is 9.33. The van der Waals surface area contributed by atoms with Crippen LogP contribution in [0.5, 0.6) is 0 Å². The van der Waals surface area contributed by atoms with Crippen LogP contribution in [0.1, 0.15) is 29.4 Å². The number of thiocarbonyl (C=S) groups is 1. The Hall–Kier alpha value is -2.25. The molecule has 1 atom stereocenters. The number of carbonyl (C=O) groups is 1. The molecule has 0 unspecified atom stereocenters. The molecule has 0 spiro atoms. The van der Waals surface area contributed by atoms with Crippen LogP contribution in [0, 0.1) is 13.8 Å². The van der Waals surface area contributed by atoms with Gasteiger partial charge in [-0.15, -0.1) is 0 Å². The molecule has 26 heavy (non-hydrogen) atoms. The minimum absolute atomic E-state index is 0.0163. The summed E-state index contributed by atoms with van der Waals surface area (Å²) < 4.78 is 1.89.